The quantitative estimate of drug-likeness (QED) is 0.729. The predicted molar refractivity (Wildman–Crippen MR) is 96.5 cm³/mol. The molecule has 2 rings (SSSR count). The van der Waals surface area contributed by atoms with Crippen molar-refractivity contribution in [3.05, 3.63) is 6.42 Å². The van der Waals surface area contributed by atoms with E-state index in [1.165, 1.54) is 32.1 Å². The van der Waals surface area contributed by atoms with E-state index in [1.54, 1.807) is 6.42 Å². The van der Waals surface area contributed by atoms with Crippen molar-refractivity contribution in [2.75, 3.05) is 13.1 Å². The maximum Gasteiger partial charge on any atom is 0.224 e. The van der Waals surface area contributed by atoms with Crippen molar-refractivity contribution in [1.82, 2.24) is 10.2 Å². The zero-order valence-corrected chi connectivity index (χ0v) is 15.3. The van der Waals surface area contributed by atoms with Crippen molar-refractivity contribution in [2.24, 2.45) is 11.7 Å². The number of hydrogen-bond acceptors (Lipinski definition) is 4. The summed E-state index contributed by atoms with van der Waals surface area (Å²) in [5.41, 5.74) is 5.21. The lowest BCUT2D eigenvalue weighted by Crippen LogP contribution is -2.44. The molecule has 0 bridgehead atoms. The van der Waals surface area contributed by atoms with Gasteiger partial charge in [0.15, 0.2) is 5.78 Å². The average Bonchev–Trinajstić information content (AvgIpc) is 2.72. The van der Waals surface area contributed by atoms with Gasteiger partial charge in [0, 0.05) is 25.4 Å². The monoisotopic (exact) mass is 350 g/mol. The van der Waals surface area contributed by atoms with Gasteiger partial charge in [-0.25, -0.2) is 0 Å². The molecule has 25 heavy (non-hydrogen) atoms. The Balaban J connectivity index is 1.77. The van der Waals surface area contributed by atoms with Gasteiger partial charge in [0.05, 0.1) is 12.6 Å². The third-order valence-corrected chi connectivity index (χ3v) is 5.57. The fourth-order valence-electron chi connectivity index (χ4n) is 3.85. The number of amides is 2. The third-order valence-electron chi connectivity index (χ3n) is 5.57. The minimum Gasteiger partial charge on any atom is -0.370 e. The van der Waals surface area contributed by atoms with Gasteiger partial charge in [-0.3, -0.25) is 19.3 Å². The molecule has 0 spiro atoms. The van der Waals surface area contributed by atoms with E-state index in [1.807, 2.05) is 11.8 Å². The van der Waals surface area contributed by atoms with Crippen LogP contribution in [0, 0.1) is 12.3 Å². The summed E-state index contributed by atoms with van der Waals surface area (Å²) in [7, 11) is 0. The van der Waals surface area contributed by atoms with E-state index in [0.29, 0.717) is 18.9 Å². The summed E-state index contributed by atoms with van der Waals surface area (Å²) in [4.78, 5) is 37.6. The smallest absolute Gasteiger partial charge is 0.224 e. The first kappa shape index (κ1) is 19.9. The molecule has 0 unspecified atom stereocenters. The van der Waals surface area contributed by atoms with Crippen molar-refractivity contribution in [1.29, 1.82) is 0 Å². The average molecular weight is 350 g/mol. The van der Waals surface area contributed by atoms with Crippen LogP contribution in [0.5, 0.6) is 0 Å². The number of nitrogens with one attached hydrogen (secondary N) is 1. The fourth-order valence-corrected chi connectivity index (χ4v) is 3.85. The Morgan fingerprint density at radius 2 is 1.92 bits per heavy atom. The van der Waals surface area contributed by atoms with Crippen LogP contribution in [0.1, 0.15) is 64.7 Å². The number of hydrogen-bond donors (Lipinski definition) is 2. The summed E-state index contributed by atoms with van der Waals surface area (Å²) in [6, 6.07) is -0.215. The van der Waals surface area contributed by atoms with Gasteiger partial charge in [0.1, 0.15) is 0 Å². The normalized spacial score (nSPS) is 26.2. The van der Waals surface area contributed by atoms with Crippen LogP contribution in [0.15, 0.2) is 0 Å². The first-order chi connectivity index (χ1) is 12.0. The van der Waals surface area contributed by atoms with Crippen LogP contribution in [0.2, 0.25) is 0 Å². The van der Waals surface area contributed by atoms with Crippen LogP contribution in [-0.4, -0.2) is 47.7 Å². The Labute approximate surface area is 150 Å². The number of ketones is 1. The Kier molecular flexibility index (Phi) is 7.88. The molecule has 1 saturated heterocycles. The maximum atomic E-state index is 12.5. The van der Waals surface area contributed by atoms with Crippen molar-refractivity contribution >= 4 is 17.6 Å². The molecule has 3 N–H and O–H groups in total. The van der Waals surface area contributed by atoms with Crippen LogP contribution in [0.4, 0.5) is 0 Å². The lowest BCUT2D eigenvalue weighted by atomic mass is 9.86. The van der Waals surface area contributed by atoms with Gasteiger partial charge < -0.3 is 11.1 Å². The fraction of sp³-hybridized carbons (Fsp3) is 0.789. The number of nitrogens with two attached hydrogens (primary N) is 1. The number of likely N-dealkylation sites (tertiary alicyclic amines) is 1. The maximum absolute atomic E-state index is 12.5. The Morgan fingerprint density at radius 3 is 2.60 bits per heavy atom. The summed E-state index contributed by atoms with van der Waals surface area (Å²) in [5.74, 6) is 0.162. The van der Waals surface area contributed by atoms with Crippen LogP contribution >= 0.6 is 0 Å². The minimum absolute atomic E-state index is 0.0215. The third kappa shape index (κ3) is 6.77. The Hall–Kier alpha value is -1.43. The lowest BCUT2D eigenvalue weighted by molar-refractivity contribution is -0.126. The molecule has 1 aliphatic carbocycles. The molecular weight excluding hydrogens is 318 g/mol. The molecule has 1 saturated carbocycles. The highest BCUT2D eigenvalue weighted by Gasteiger charge is 2.29. The lowest BCUT2D eigenvalue weighted by Gasteiger charge is -2.25. The second kappa shape index (κ2) is 9.90. The minimum atomic E-state index is -0.420. The molecule has 0 aromatic carbocycles. The highest BCUT2D eigenvalue weighted by Crippen LogP contribution is 2.27. The molecule has 2 atom stereocenters. The van der Waals surface area contributed by atoms with Gasteiger partial charge in [-0.1, -0.05) is 32.1 Å². The number of carbonyl (C=O) groups excluding carboxylic acids is 3. The Morgan fingerprint density at radius 1 is 1.20 bits per heavy atom. The molecule has 2 aliphatic rings. The van der Waals surface area contributed by atoms with E-state index in [-0.39, 0.29) is 36.6 Å². The number of nitrogens with zero attached hydrogens (tertiary/aromatic N) is 1. The summed E-state index contributed by atoms with van der Waals surface area (Å²) >= 11 is 0. The van der Waals surface area contributed by atoms with Crippen LogP contribution < -0.4 is 11.1 Å². The number of rotatable bonds is 7. The van der Waals surface area contributed by atoms with Gasteiger partial charge in [-0.2, -0.15) is 0 Å². The van der Waals surface area contributed by atoms with Crippen molar-refractivity contribution < 1.29 is 14.4 Å². The summed E-state index contributed by atoms with van der Waals surface area (Å²) in [6.45, 7) is 2.81. The highest BCUT2D eigenvalue weighted by atomic mass is 16.2. The summed E-state index contributed by atoms with van der Waals surface area (Å²) in [5, 5.41) is 2.89. The number of carbonyl (C=O) groups is 3. The largest absolute Gasteiger partial charge is 0.370 e. The molecule has 6 heteroatoms. The van der Waals surface area contributed by atoms with Crippen LogP contribution in [0.25, 0.3) is 0 Å². The second-order valence-electron chi connectivity index (χ2n) is 7.58. The van der Waals surface area contributed by atoms with Gasteiger partial charge >= 0.3 is 0 Å². The molecular formula is C19H32N3O3. The van der Waals surface area contributed by atoms with E-state index in [9.17, 15) is 14.4 Å². The molecule has 1 radical (unpaired) electrons. The van der Waals surface area contributed by atoms with Crippen molar-refractivity contribution in [3.8, 4) is 0 Å². The molecule has 1 heterocycles. The first-order valence-electron chi connectivity index (χ1n) is 9.64. The number of primary amides is 1. The topological polar surface area (TPSA) is 92.5 Å². The molecule has 6 nitrogen and oxygen atoms in total. The molecule has 2 fully saturated rings. The predicted octanol–water partition coefficient (Wildman–Crippen LogP) is 1.57. The van der Waals surface area contributed by atoms with Gasteiger partial charge in [0.25, 0.3) is 0 Å². The molecule has 141 valence electrons. The zero-order valence-electron chi connectivity index (χ0n) is 15.3. The van der Waals surface area contributed by atoms with Gasteiger partial charge in [-0.05, 0) is 32.1 Å². The van der Waals surface area contributed by atoms with E-state index in [0.717, 1.165) is 12.8 Å². The van der Waals surface area contributed by atoms with Crippen molar-refractivity contribution in [2.45, 2.75) is 76.8 Å². The van der Waals surface area contributed by atoms with Crippen molar-refractivity contribution in [3.63, 3.8) is 0 Å². The first-order valence-corrected chi connectivity index (χ1v) is 9.64. The van der Waals surface area contributed by atoms with Crippen LogP contribution in [-0.2, 0) is 14.4 Å². The summed E-state index contributed by atoms with van der Waals surface area (Å²) in [6.07, 6.45) is 10.5. The van der Waals surface area contributed by atoms with E-state index in [4.69, 9.17) is 5.73 Å². The van der Waals surface area contributed by atoms with Crippen LogP contribution in [0.3, 0.4) is 0 Å². The zero-order chi connectivity index (χ0) is 18.2. The van der Waals surface area contributed by atoms with Gasteiger partial charge in [0.2, 0.25) is 11.8 Å². The van der Waals surface area contributed by atoms with Gasteiger partial charge in [-0.15, -0.1) is 0 Å². The summed E-state index contributed by atoms with van der Waals surface area (Å²) < 4.78 is 0. The second-order valence-corrected chi connectivity index (χ2v) is 7.58. The van der Waals surface area contributed by atoms with E-state index in [2.05, 4.69) is 5.32 Å². The highest BCUT2D eigenvalue weighted by molar-refractivity contribution is 5.93. The molecule has 2 amide bonds. The SMILES string of the molecule is C[C@@H]1CC[C@H](NC(=O)[CH]CC2CCCCC2)C(=O)CN1CCC(N)=O. The molecule has 0 aromatic heterocycles. The molecule has 1 aliphatic heterocycles. The number of Topliss-reactive ketones (excluding diaryl/α,β-unsaturated/α-hetero) is 1. The standard InChI is InChI=1S/C19H32N3O3/c1-14-7-9-16(17(23)13-22(14)12-11-18(20)24)21-19(25)10-8-15-5-3-2-4-6-15/h10,14-16H,2-9,11-13H2,1H3,(H2,20,24)(H,21,25)/t14-,16+/m1/s1. The Bertz CT molecular complexity index is 475. The molecule has 0 aromatic rings. The van der Waals surface area contributed by atoms with E-state index < -0.39 is 6.04 Å². The van der Waals surface area contributed by atoms with E-state index >= 15 is 0 Å².